The van der Waals surface area contributed by atoms with Crippen LogP contribution in [0.3, 0.4) is 0 Å². The molecule has 1 heterocycles. The molecule has 1 aromatic rings. The molecule has 1 aliphatic rings. The van der Waals surface area contributed by atoms with E-state index >= 15 is 0 Å². The standard InChI is InChI=1S/C16H21BrO4/c1-9(2)13-10(16(3,4)8-12(18)19)7-11(17)14-15(13)21-6-5-20-14/h7,9H,5-6,8H2,1-4H3,(H,18,19). The van der Waals surface area contributed by atoms with Gasteiger partial charge >= 0.3 is 5.97 Å². The summed E-state index contributed by atoms with van der Waals surface area (Å²) in [4.78, 5) is 11.2. The molecule has 116 valence electrons. The zero-order chi connectivity index (χ0) is 15.8. The highest BCUT2D eigenvalue weighted by Crippen LogP contribution is 2.48. The molecular weight excluding hydrogens is 336 g/mol. The maximum Gasteiger partial charge on any atom is 0.304 e. The van der Waals surface area contributed by atoms with E-state index in [0.717, 1.165) is 27.1 Å². The van der Waals surface area contributed by atoms with Gasteiger partial charge in [-0.1, -0.05) is 27.7 Å². The molecule has 0 unspecified atom stereocenters. The van der Waals surface area contributed by atoms with Crippen molar-refractivity contribution in [2.75, 3.05) is 13.2 Å². The van der Waals surface area contributed by atoms with Crippen molar-refractivity contribution >= 4 is 21.9 Å². The molecular formula is C16H21BrO4. The summed E-state index contributed by atoms with van der Waals surface area (Å²) in [6.45, 7) is 9.11. The Morgan fingerprint density at radius 1 is 1.33 bits per heavy atom. The SMILES string of the molecule is CC(C)c1c(C(C)(C)CC(=O)O)cc(Br)c2c1OCCO2. The van der Waals surface area contributed by atoms with Gasteiger partial charge in [-0.2, -0.15) is 0 Å². The van der Waals surface area contributed by atoms with Gasteiger partial charge in [0.25, 0.3) is 0 Å². The third-order valence-corrected chi connectivity index (χ3v) is 4.29. The van der Waals surface area contributed by atoms with Gasteiger partial charge in [0.05, 0.1) is 10.9 Å². The minimum atomic E-state index is -0.805. The summed E-state index contributed by atoms with van der Waals surface area (Å²) in [5, 5.41) is 9.18. The highest BCUT2D eigenvalue weighted by molar-refractivity contribution is 9.10. The molecule has 1 N–H and O–H groups in total. The lowest BCUT2D eigenvalue weighted by molar-refractivity contribution is -0.138. The molecule has 1 aromatic carbocycles. The minimum Gasteiger partial charge on any atom is -0.486 e. The predicted octanol–water partition coefficient (Wildman–Crippen LogP) is 4.10. The summed E-state index contributed by atoms with van der Waals surface area (Å²) >= 11 is 3.52. The van der Waals surface area contributed by atoms with Gasteiger partial charge in [0.2, 0.25) is 0 Å². The number of ether oxygens (including phenoxy) is 2. The summed E-state index contributed by atoms with van der Waals surface area (Å²) in [5.41, 5.74) is 1.55. The number of rotatable bonds is 4. The van der Waals surface area contributed by atoms with Crippen LogP contribution >= 0.6 is 15.9 Å². The molecule has 5 heteroatoms. The first kappa shape index (κ1) is 16.1. The van der Waals surface area contributed by atoms with E-state index in [1.807, 2.05) is 19.9 Å². The van der Waals surface area contributed by atoms with E-state index in [4.69, 9.17) is 9.47 Å². The topological polar surface area (TPSA) is 55.8 Å². The number of carboxylic acid groups (broad SMARTS) is 1. The van der Waals surface area contributed by atoms with E-state index in [9.17, 15) is 9.90 Å². The second-order valence-corrected chi connectivity index (χ2v) is 7.14. The highest BCUT2D eigenvalue weighted by Gasteiger charge is 2.33. The molecule has 0 bridgehead atoms. The zero-order valence-corrected chi connectivity index (χ0v) is 14.4. The van der Waals surface area contributed by atoms with Crippen LogP contribution in [0, 0.1) is 0 Å². The first-order valence-corrected chi connectivity index (χ1v) is 7.87. The third-order valence-electron chi connectivity index (χ3n) is 3.70. The van der Waals surface area contributed by atoms with E-state index in [-0.39, 0.29) is 12.3 Å². The van der Waals surface area contributed by atoms with E-state index in [1.165, 1.54) is 0 Å². The molecule has 21 heavy (non-hydrogen) atoms. The van der Waals surface area contributed by atoms with E-state index in [0.29, 0.717) is 13.2 Å². The van der Waals surface area contributed by atoms with Crippen molar-refractivity contribution in [2.45, 2.75) is 45.4 Å². The molecule has 0 amide bonds. The van der Waals surface area contributed by atoms with Gasteiger partial charge in [-0.15, -0.1) is 0 Å². The van der Waals surface area contributed by atoms with Crippen LogP contribution in [0.4, 0.5) is 0 Å². The van der Waals surface area contributed by atoms with E-state index in [1.54, 1.807) is 0 Å². The quantitative estimate of drug-likeness (QED) is 0.882. The molecule has 0 atom stereocenters. The fraction of sp³-hybridized carbons (Fsp3) is 0.562. The highest BCUT2D eigenvalue weighted by atomic mass is 79.9. The van der Waals surface area contributed by atoms with Crippen molar-refractivity contribution in [1.29, 1.82) is 0 Å². The predicted molar refractivity (Wildman–Crippen MR) is 84.5 cm³/mol. The van der Waals surface area contributed by atoms with Gasteiger partial charge in [0.15, 0.2) is 11.5 Å². The monoisotopic (exact) mass is 356 g/mol. The van der Waals surface area contributed by atoms with Gasteiger partial charge in [-0.25, -0.2) is 0 Å². The lowest BCUT2D eigenvalue weighted by atomic mass is 9.76. The number of fused-ring (bicyclic) bond motifs is 1. The van der Waals surface area contributed by atoms with Crippen molar-refractivity contribution in [3.8, 4) is 11.5 Å². The lowest BCUT2D eigenvalue weighted by Crippen LogP contribution is -2.26. The van der Waals surface area contributed by atoms with Crippen molar-refractivity contribution in [1.82, 2.24) is 0 Å². The van der Waals surface area contributed by atoms with Gasteiger partial charge in [-0.05, 0) is 33.5 Å². The molecule has 0 saturated carbocycles. The van der Waals surface area contributed by atoms with E-state index in [2.05, 4.69) is 29.8 Å². The van der Waals surface area contributed by atoms with Gasteiger partial charge in [0.1, 0.15) is 13.2 Å². The average molecular weight is 357 g/mol. The summed E-state index contributed by atoms with van der Waals surface area (Å²) in [6.07, 6.45) is 0.0683. The van der Waals surface area contributed by atoms with Crippen LogP contribution in [-0.2, 0) is 10.2 Å². The molecule has 1 aliphatic heterocycles. The van der Waals surface area contributed by atoms with Crippen molar-refractivity contribution in [3.05, 3.63) is 21.7 Å². The molecule has 0 radical (unpaired) electrons. The Hall–Kier alpha value is -1.23. The Bertz CT molecular complexity index is 564. The number of carbonyl (C=O) groups is 1. The average Bonchev–Trinajstić information content (AvgIpc) is 2.36. The number of carboxylic acids is 1. The number of benzene rings is 1. The van der Waals surface area contributed by atoms with Crippen molar-refractivity contribution in [2.24, 2.45) is 0 Å². The Labute approximate surface area is 133 Å². The van der Waals surface area contributed by atoms with Crippen LogP contribution in [0.15, 0.2) is 10.5 Å². The van der Waals surface area contributed by atoms with Crippen molar-refractivity contribution in [3.63, 3.8) is 0 Å². The summed E-state index contributed by atoms with van der Waals surface area (Å²) < 4.78 is 12.4. The molecule has 2 rings (SSSR count). The second-order valence-electron chi connectivity index (χ2n) is 6.28. The van der Waals surface area contributed by atoms with Gasteiger partial charge < -0.3 is 14.6 Å². The van der Waals surface area contributed by atoms with Crippen LogP contribution < -0.4 is 9.47 Å². The lowest BCUT2D eigenvalue weighted by Gasteiger charge is -2.32. The van der Waals surface area contributed by atoms with Crippen LogP contribution in [0.5, 0.6) is 11.5 Å². The first-order chi connectivity index (χ1) is 9.74. The Kier molecular flexibility index (Phi) is 4.51. The molecule has 4 nitrogen and oxygen atoms in total. The second kappa shape index (κ2) is 5.87. The summed E-state index contributed by atoms with van der Waals surface area (Å²) in [5.74, 6) is 0.885. The van der Waals surface area contributed by atoms with E-state index < -0.39 is 11.4 Å². The molecule has 0 spiro atoms. The van der Waals surface area contributed by atoms with Crippen LogP contribution in [0.1, 0.15) is 51.2 Å². The van der Waals surface area contributed by atoms with Gasteiger partial charge in [0, 0.05) is 11.0 Å². The Morgan fingerprint density at radius 2 is 1.90 bits per heavy atom. The third kappa shape index (κ3) is 3.18. The number of hydrogen-bond acceptors (Lipinski definition) is 3. The normalized spacial score (nSPS) is 14.4. The fourth-order valence-corrected chi connectivity index (χ4v) is 3.32. The largest absolute Gasteiger partial charge is 0.486 e. The van der Waals surface area contributed by atoms with Gasteiger partial charge in [-0.3, -0.25) is 4.79 Å². The fourth-order valence-electron chi connectivity index (χ4n) is 2.79. The zero-order valence-electron chi connectivity index (χ0n) is 12.8. The van der Waals surface area contributed by atoms with Crippen LogP contribution in [0.25, 0.3) is 0 Å². The molecule has 0 aliphatic carbocycles. The molecule has 0 aromatic heterocycles. The maximum absolute atomic E-state index is 11.2. The first-order valence-electron chi connectivity index (χ1n) is 7.08. The minimum absolute atomic E-state index is 0.0683. The maximum atomic E-state index is 11.2. The number of hydrogen-bond donors (Lipinski definition) is 1. The Balaban J connectivity index is 2.65. The van der Waals surface area contributed by atoms with Crippen LogP contribution in [-0.4, -0.2) is 24.3 Å². The Morgan fingerprint density at radius 3 is 2.43 bits per heavy atom. The molecule has 0 saturated heterocycles. The number of halogens is 1. The van der Waals surface area contributed by atoms with Crippen molar-refractivity contribution < 1.29 is 19.4 Å². The smallest absolute Gasteiger partial charge is 0.304 e. The molecule has 0 fully saturated rings. The van der Waals surface area contributed by atoms with Crippen LogP contribution in [0.2, 0.25) is 0 Å². The summed E-state index contributed by atoms with van der Waals surface area (Å²) in [6, 6.07) is 1.98. The number of aliphatic carboxylic acids is 1. The summed E-state index contributed by atoms with van der Waals surface area (Å²) in [7, 11) is 0.